The monoisotopic (exact) mass is 273 g/mol. The van der Waals surface area contributed by atoms with Crippen molar-refractivity contribution in [1.29, 1.82) is 0 Å². The highest BCUT2D eigenvalue weighted by Gasteiger charge is 2.08. The van der Waals surface area contributed by atoms with E-state index in [2.05, 4.69) is 9.97 Å². The molecule has 1 heterocycles. The largest absolute Gasteiger partial charge is 0.323 e. The third kappa shape index (κ3) is 3.21. The minimum atomic E-state index is -0.392. The van der Waals surface area contributed by atoms with Crippen LogP contribution < -0.4 is 11.3 Å². The second-order valence-electron chi connectivity index (χ2n) is 3.40. The first kappa shape index (κ1) is 16.0. The van der Waals surface area contributed by atoms with Crippen molar-refractivity contribution in [3.8, 4) is 0 Å². The molecule has 0 spiro atoms. The summed E-state index contributed by atoms with van der Waals surface area (Å²) in [7, 11) is 0. The molecule has 0 aliphatic carbocycles. The zero-order valence-corrected chi connectivity index (χ0v) is 10.4. The average Bonchev–Trinajstić information content (AvgIpc) is 2.17. The number of benzene rings is 1. The van der Waals surface area contributed by atoms with E-state index in [1.54, 1.807) is 25.1 Å². The highest BCUT2D eigenvalue weighted by Crippen LogP contribution is 2.15. The van der Waals surface area contributed by atoms with Crippen LogP contribution in [0.5, 0.6) is 0 Å². The van der Waals surface area contributed by atoms with Crippen LogP contribution in [0.2, 0.25) is 5.02 Å². The van der Waals surface area contributed by atoms with Crippen LogP contribution in [0, 0.1) is 0 Å². The Morgan fingerprint density at radius 3 is 2.71 bits per heavy atom. The van der Waals surface area contributed by atoms with Gasteiger partial charge >= 0.3 is 0 Å². The molecule has 0 radical (unpaired) electrons. The first-order chi connectivity index (χ1) is 7.08. The number of hydrogen-bond donors (Lipinski definition) is 2. The van der Waals surface area contributed by atoms with Gasteiger partial charge in [-0.3, -0.25) is 4.79 Å². The fourth-order valence-electron chi connectivity index (χ4n) is 1.38. The van der Waals surface area contributed by atoms with Gasteiger partial charge in [0.05, 0.1) is 11.0 Å². The van der Waals surface area contributed by atoms with Gasteiger partial charge in [-0.1, -0.05) is 19.0 Å². The molecular formula is C11H16ClN3OS. The average molecular weight is 274 g/mol. The molecular weight excluding hydrogens is 258 g/mol. The molecule has 0 amide bonds. The van der Waals surface area contributed by atoms with Crippen molar-refractivity contribution in [3.05, 3.63) is 39.3 Å². The fourth-order valence-corrected chi connectivity index (χ4v) is 1.54. The molecule has 0 fully saturated rings. The second-order valence-corrected chi connectivity index (χ2v) is 3.84. The Morgan fingerprint density at radius 2 is 2.12 bits per heavy atom. The highest BCUT2D eigenvalue weighted by molar-refractivity contribution is 7.59. The number of nitrogens with two attached hydrogens (primary N) is 1. The first-order valence-corrected chi connectivity index (χ1v) is 4.91. The summed E-state index contributed by atoms with van der Waals surface area (Å²) in [5.74, 6) is 0. The van der Waals surface area contributed by atoms with Crippen molar-refractivity contribution in [2.45, 2.75) is 20.4 Å². The number of hydrogen-bond acceptors (Lipinski definition) is 3. The number of aromatic nitrogens is 2. The van der Waals surface area contributed by atoms with Crippen LogP contribution in [0.3, 0.4) is 0 Å². The first-order valence-electron chi connectivity index (χ1n) is 4.53. The van der Waals surface area contributed by atoms with Gasteiger partial charge in [0.1, 0.15) is 5.69 Å². The quantitative estimate of drug-likeness (QED) is 0.838. The smallest absolute Gasteiger partial charge is 0.271 e. The normalized spacial score (nSPS) is 11.5. The molecule has 0 bridgehead atoms. The van der Waals surface area contributed by atoms with Crippen LogP contribution in [0.4, 0.5) is 0 Å². The van der Waals surface area contributed by atoms with Gasteiger partial charge in [-0.15, -0.1) is 0 Å². The molecule has 6 heteroatoms. The third-order valence-electron chi connectivity index (χ3n) is 2.11. The van der Waals surface area contributed by atoms with Crippen LogP contribution in [0.15, 0.2) is 23.0 Å². The van der Waals surface area contributed by atoms with Gasteiger partial charge in [0.2, 0.25) is 0 Å². The summed E-state index contributed by atoms with van der Waals surface area (Å²) < 4.78 is 0. The van der Waals surface area contributed by atoms with Crippen molar-refractivity contribution in [2.75, 3.05) is 0 Å². The molecule has 2 rings (SSSR count). The van der Waals surface area contributed by atoms with Gasteiger partial charge in [0.15, 0.2) is 0 Å². The summed E-state index contributed by atoms with van der Waals surface area (Å²) >= 11 is 5.83. The lowest BCUT2D eigenvalue weighted by Crippen LogP contribution is -2.21. The molecule has 0 saturated heterocycles. The van der Waals surface area contributed by atoms with Crippen LogP contribution in [0.25, 0.3) is 11.0 Å². The van der Waals surface area contributed by atoms with E-state index in [1.165, 1.54) is 0 Å². The summed E-state index contributed by atoms with van der Waals surface area (Å²) in [5, 5.41) is 0.581. The highest BCUT2D eigenvalue weighted by atomic mass is 35.5. The Balaban J connectivity index is 0.00000128. The maximum atomic E-state index is 11.5. The zero-order chi connectivity index (χ0) is 11.0. The predicted octanol–water partition coefficient (Wildman–Crippen LogP) is 2.35. The van der Waals surface area contributed by atoms with Gasteiger partial charge in [0.25, 0.3) is 5.56 Å². The van der Waals surface area contributed by atoms with Crippen molar-refractivity contribution in [2.24, 2.45) is 5.73 Å². The Morgan fingerprint density at radius 1 is 1.47 bits per heavy atom. The van der Waals surface area contributed by atoms with Gasteiger partial charge in [-0.2, -0.15) is 13.5 Å². The molecule has 0 saturated carbocycles. The van der Waals surface area contributed by atoms with E-state index in [0.29, 0.717) is 21.7 Å². The molecule has 0 unspecified atom stereocenters. The predicted molar refractivity (Wildman–Crippen MR) is 77.1 cm³/mol. The molecule has 0 aliphatic heterocycles. The lowest BCUT2D eigenvalue weighted by atomic mass is 10.2. The van der Waals surface area contributed by atoms with Crippen LogP contribution >= 0.6 is 25.1 Å². The zero-order valence-electron chi connectivity index (χ0n) is 8.62. The summed E-state index contributed by atoms with van der Waals surface area (Å²) in [6.07, 6.45) is 0. The number of fused-ring (bicyclic) bond motifs is 1. The lowest BCUT2D eigenvalue weighted by Gasteiger charge is -2.05. The Bertz CT molecular complexity index is 568. The number of nitrogens with one attached hydrogen (secondary N) is 1. The van der Waals surface area contributed by atoms with Gasteiger partial charge in [0, 0.05) is 11.1 Å². The van der Waals surface area contributed by atoms with Crippen molar-refractivity contribution in [3.63, 3.8) is 0 Å². The molecule has 1 aromatic carbocycles. The van der Waals surface area contributed by atoms with Crippen molar-refractivity contribution >= 4 is 36.1 Å². The van der Waals surface area contributed by atoms with E-state index >= 15 is 0 Å². The number of aromatic amines is 1. The SMILES string of the molecule is C.C[C@H](N)c1nc2cc(Cl)ccc2[nH]c1=O.S. The Kier molecular flexibility index (Phi) is 5.68. The molecule has 1 atom stereocenters. The minimum Gasteiger partial charge on any atom is -0.323 e. The van der Waals surface area contributed by atoms with Crippen LogP contribution in [0.1, 0.15) is 26.1 Å². The maximum absolute atomic E-state index is 11.5. The summed E-state index contributed by atoms with van der Waals surface area (Å²) in [5.41, 5.74) is 7.01. The number of rotatable bonds is 1. The third-order valence-corrected chi connectivity index (χ3v) is 2.35. The van der Waals surface area contributed by atoms with E-state index in [4.69, 9.17) is 17.3 Å². The minimum absolute atomic E-state index is 0. The lowest BCUT2D eigenvalue weighted by molar-refractivity contribution is 0.768. The second kappa shape index (κ2) is 6.05. The number of halogens is 1. The fraction of sp³-hybridized carbons (Fsp3) is 0.273. The Hall–Kier alpha value is -1.04. The van der Waals surface area contributed by atoms with Gasteiger partial charge in [-0.25, -0.2) is 4.98 Å². The van der Waals surface area contributed by atoms with Crippen LogP contribution in [-0.2, 0) is 0 Å². The van der Waals surface area contributed by atoms with Gasteiger partial charge < -0.3 is 10.7 Å². The molecule has 0 aliphatic rings. The molecule has 2 aromatic rings. The van der Waals surface area contributed by atoms with E-state index in [1.807, 2.05) is 0 Å². The van der Waals surface area contributed by atoms with E-state index in [9.17, 15) is 4.79 Å². The molecule has 4 nitrogen and oxygen atoms in total. The molecule has 1 aromatic heterocycles. The topological polar surface area (TPSA) is 71.8 Å². The van der Waals surface area contributed by atoms with Crippen molar-refractivity contribution in [1.82, 2.24) is 9.97 Å². The number of H-pyrrole nitrogens is 1. The standard InChI is InChI=1S/C10H10ClN3O.CH4.H2S/c1-5(12)9-10(15)14-7-3-2-6(11)4-8(7)13-9;;/h2-5H,12H2,1H3,(H,14,15);1H4;1H2/t5-;;/m0../s1. The maximum Gasteiger partial charge on any atom is 0.271 e. The van der Waals surface area contributed by atoms with Gasteiger partial charge in [-0.05, 0) is 25.1 Å². The van der Waals surface area contributed by atoms with E-state index in [-0.39, 0.29) is 26.5 Å². The summed E-state index contributed by atoms with van der Waals surface area (Å²) in [6.45, 7) is 1.72. The van der Waals surface area contributed by atoms with Crippen molar-refractivity contribution < 1.29 is 0 Å². The number of nitrogens with zero attached hydrogens (tertiary/aromatic N) is 1. The molecule has 94 valence electrons. The molecule has 3 N–H and O–H groups in total. The van der Waals surface area contributed by atoms with E-state index in [0.717, 1.165) is 0 Å². The molecule has 17 heavy (non-hydrogen) atoms. The van der Waals surface area contributed by atoms with E-state index < -0.39 is 6.04 Å². The summed E-state index contributed by atoms with van der Waals surface area (Å²) in [4.78, 5) is 18.4. The van der Waals surface area contributed by atoms with Crippen LogP contribution in [-0.4, -0.2) is 9.97 Å². The summed E-state index contributed by atoms with van der Waals surface area (Å²) in [6, 6.07) is 4.72. The Labute approximate surface area is 112 Å².